The van der Waals surface area contributed by atoms with Crippen LogP contribution in [0.5, 0.6) is 5.75 Å². The molecule has 0 aromatic heterocycles. The highest BCUT2D eigenvalue weighted by Crippen LogP contribution is 2.26. The van der Waals surface area contributed by atoms with Crippen molar-refractivity contribution >= 4 is 17.5 Å². The van der Waals surface area contributed by atoms with E-state index in [-0.39, 0.29) is 18.4 Å². The molecule has 0 atom stereocenters. The Kier molecular flexibility index (Phi) is 7.02. The zero-order valence-corrected chi connectivity index (χ0v) is 14.3. The van der Waals surface area contributed by atoms with Crippen LogP contribution in [0.15, 0.2) is 18.2 Å². The Labute approximate surface area is 142 Å². The van der Waals surface area contributed by atoms with Gasteiger partial charge in [-0.3, -0.25) is 9.59 Å². The number of nitrogens with zero attached hydrogens (tertiary/aromatic N) is 1. The van der Waals surface area contributed by atoms with Gasteiger partial charge in [-0.25, -0.2) is 0 Å². The first-order valence-corrected chi connectivity index (χ1v) is 8.12. The van der Waals surface area contributed by atoms with Crippen LogP contribution in [0.4, 0.5) is 5.69 Å². The van der Waals surface area contributed by atoms with Gasteiger partial charge in [0.05, 0.1) is 25.9 Å². The summed E-state index contributed by atoms with van der Waals surface area (Å²) in [6.07, 6.45) is 2.08. The number of carbonyl (C=O) groups excluding carboxylic acids is 2. The molecule has 1 fully saturated rings. The molecule has 0 spiro atoms. The van der Waals surface area contributed by atoms with Crippen molar-refractivity contribution in [3.63, 3.8) is 0 Å². The van der Waals surface area contributed by atoms with Crippen molar-refractivity contribution in [2.45, 2.75) is 12.8 Å². The third kappa shape index (κ3) is 4.94. The number of rotatable bonds is 8. The van der Waals surface area contributed by atoms with Crippen molar-refractivity contribution in [2.24, 2.45) is 0 Å². The monoisotopic (exact) mass is 335 g/mol. The smallest absolute Gasteiger partial charge is 0.253 e. The molecule has 1 aliphatic rings. The highest BCUT2D eigenvalue weighted by Gasteiger charge is 2.20. The van der Waals surface area contributed by atoms with E-state index >= 15 is 0 Å². The number of carbonyl (C=O) groups is 2. The van der Waals surface area contributed by atoms with Gasteiger partial charge in [0.1, 0.15) is 5.75 Å². The van der Waals surface area contributed by atoms with Gasteiger partial charge in [0.2, 0.25) is 5.91 Å². The second-order valence-corrected chi connectivity index (χ2v) is 5.63. The van der Waals surface area contributed by atoms with Crippen molar-refractivity contribution < 1.29 is 19.1 Å². The molecule has 2 N–H and O–H groups in total. The lowest BCUT2D eigenvalue weighted by atomic mass is 10.1. The molecule has 1 aliphatic heterocycles. The first-order chi connectivity index (χ1) is 11.7. The van der Waals surface area contributed by atoms with E-state index in [1.807, 2.05) is 4.90 Å². The summed E-state index contributed by atoms with van der Waals surface area (Å²) in [5.74, 6) is 0.317. The molecule has 1 heterocycles. The predicted molar refractivity (Wildman–Crippen MR) is 91.5 cm³/mol. The number of likely N-dealkylation sites (tertiary alicyclic amines) is 1. The number of benzene rings is 1. The van der Waals surface area contributed by atoms with Gasteiger partial charge in [-0.1, -0.05) is 0 Å². The Morgan fingerprint density at radius 1 is 1.21 bits per heavy atom. The average Bonchev–Trinajstić information content (AvgIpc) is 3.12. The number of nitrogens with one attached hydrogen (secondary N) is 2. The molecule has 1 aromatic carbocycles. The third-order valence-corrected chi connectivity index (χ3v) is 3.88. The van der Waals surface area contributed by atoms with Crippen LogP contribution in [-0.4, -0.2) is 63.7 Å². The summed E-state index contributed by atoms with van der Waals surface area (Å²) in [4.78, 5) is 26.3. The maximum absolute atomic E-state index is 12.5. The zero-order chi connectivity index (χ0) is 17.4. The Balaban J connectivity index is 2.02. The SMILES string of the molecule is COCCNCC(=O)Nc1cc(C(=O)N2CCCC2)ccc1OC. The van der Waals surface area contributed by atoms with Crippen LogP contribution in [-0.2, 0) is 9.53 Å². The molecule has 0 radical (unpaired) electrons. The van der Waals surface area contributed by atoms with Crippen molar-refractivity contribution in [3.8, 4) is 5.75 Å². The standard InChI is InChI=1S/C17H25N3O4/c1-23-10-7-18-12-16(21)19-14-11-13(5-6-15(14)24-2)17(22)20-8-3-4-9-20/h5-6,11,18H,3-4,7-10,12H2,1-2H3,(H,19,21). The van der Waals surface area contributed by atoms with Crippen molar-refractivity contribution in [1.82, 2.24) is 10.2 Å². The van der Waals surface area contributed by atoms with Gasteiger partial charge in [0.25, 0.3) is 5.91 Å². The zero-order valence-electron chi connectivity index (χ0n) is 14.3. The minimum atomic E-state index is -0.199. The topological polar surface area (TPSA) is 79.9 Å². The van der Waals surface area contributed by atoms with Gasteiger partial charge in [-0.15, -0.1) is 0 Å². The second kappa shape index (κ2) is 9.24. The predicted octanol–water partition coefficient (Wildman–Crippen LogP) is 1.11. The number of hydrogen-bond donors (Lipinski definition) is 2. The maximum Gasteiger partial charge on any atom is 0.253 e. The number of hydrogen-bond acceptors (Lipinski definition) is 5. The number of ether oxygens (including phenoxy) is 2. The summed E-state index contributed by atoms with van der Waals surface area (Å²) in [7, 11) is 3.14. The Hall–Kier alpha value is -2.12. The summed E-state index contributed by atoms with van der Waals surface area (Å²) in [5.41, 5.74) is 1.06. The van der Waals surface area contributed by atoms with Crippen LogP contribution in [0.25, 0.3) is 0 Å². The highest BCUT2D eigenvalue weighted by atomic mass is 16.5. The quantitative estimate of drug-likeness (QED) is 0.696. The van der Waals surface area contributed by atoms with E-state index in [1.54, 1.807) is 25.3 Å². The lowest BCUT2D eigenvalue weighted by molar-refractivity contribution is -0.115. The molecule has 132 valence electrons. The van der Waals surface area contributed by atoms with E-state index < -0.39 is 0 Å². The summed E-state index contributed by atoms with van der Waals surface area (Å²) in [6, 6.07) is 5.11. The van der Waals surface area contributed by atoms with Crippen molar-refractivity contribution in [2.75, 3.05) is 52.3 Å². The molecule has 0 aliphatic carbocycles. The fraction of sp³-hybridized carbons (Fsp3) is 0.529. The Morgan fingerprint density at radius 3 is 2.62 bits per heavy atom. The van der Waals surface area contributed by atoms with Gasteiger partial charge in [0, 0.05) is 32.3 Å². The van der Waals surface area contributed by atoms with Gasteiger partial charge < -0.3 is 25.0 Å². The molecular weight excluding hydrogens is 310 g/mol. The van der Waals surface area contributed by atoms with Gasteiger partial charge in [-0.05, 0) is 31.0 Å². The summed E-state index contributed by atoms with van der Waals surface area (Å²) in [6.45, 7) is 2.87. The normalized spacial score (nSPS) is 13.8. The van der Waals surface area contributed by atoms with Crippen LogP contribution in [0, 0.1) is 0 Å². The summed E-state index contributed by atoms with van der Waals surface area (Å²) in [5, 5.41) is 5.76. The second-order valence-electron chi connectivity index (χ2n) is 5.63. The molecular formula is C17H25N3O4. The third-order valence-electron chi connectivity index (χ3n) is 3.88. The first kappa shape index (κ1) is 18.2. The van der Waals surface area contributed by atoms with Gasteiger partial charge in [-0.2, -0.15) is 0 Å². The van der Waals surface area contributed by atoms with Crippen LogP contribution in [0.3, 0.4) is 0 Å². The molecule has 1 saturated heterocycles. The largest absolute Gasteiger partial charge is 0.495 e. The minimum Gasteiger partial charge on any atom is -0.495 e. The van der Waals surface area contributed by atoms with E-state index in [9.17, 15) is 9.59 Å². The van der Waals surface area contributed by atoms with Crippen LogP contribution in [0.1, 0.15) is 23.2 Å². The molecule has 0 saturated carbocycles. The molecule has 2 amide bonds. The van der Waals surface area contributed by atoms with E-state index in [0.29, 0.717) is 30.2 Å². The molecule has 7 heteroatoms. The lowest BCUT2D eigenvalue weighted by Crippen LogP contribution is -2.30. The van der Waals surface area contributed by atoms with Crippen LogP contribution in [0.2, 0.25) is 0 Å². The van der Waals surface area contributed by atoms with E-state index in [2.05, 4.69) is 10.6 Å². The van der Waals surface area contributed by atoms with Gasteiger partial charge in [0.15, 0.2) is 0 Å². The van der Waals surface area contributed by atoms with E-state index in [1.165, 1.54) is 7.11 Å². The number of methoxy groups -OCH3 is 2. The van der Waals surface area contributed by atoms with E-state index in [0.717, 1.165) is 25.9 Å². The van der Waals surface area contributed by atoms with Gasteiger partial charge >= 0.3 is 0 Å². The molecule has 0 bridgehead atoms. The minimum absolute atomic E-state index is 0.0103. The first-order valence-electron chi connectivity index (χ1n) is 8.12. The lowest BCUT2D eigenvalue weighted by Gasteiger charge is -2.17. The average molecular weight is 335 g/mol. The van der Waals surface area contributed by atoms with Crippen molar-refractivity contribution in [3.05, 3.63) is 23.8 Å². The fourth-order valence-corrected chi connectivity index (χ4v) is 2.61. The van der Waals surface area contributed by atoms with Crippen molar-refractivity contribution in [1.29, 1.82) is 0 Å². The molecule has 24 heavy (non-hydrogen) atoms. The number of amides is 2. The molecule has 0 unspecified atom stereocenters. The maximum atomic E-state index is 12.5. The number of anilines is 1. The fourth-order valence-electron chi connectivity index (χ4n) is 2.61. The Bertz CT molecular complexity index is 571. The van der Waals surface area contributed by atoms with Crippen LogP contribution < -0.4 is 15.4 Å². The summed E-state index contributed by atoms with van der Waals surface area (Å²) < 4.78 is 10.2. The Morgan fingerprint density at radius 2 is 1.96 bits per heavy atom. The summed E-state index contributed by atoms with van der Waals surface area (Å²) >= 11 is 0. The molecule has 1 aromatic rings. The highest BCUT2D eigenvalue weighted by molar-refractivity contribution is 5.99. The van der Waals surface area contributed by atoms with Crippen LogP contribution >= 0.6 is 0 Å². The van der Waals surface area contributed by atoms with E-state index in [4.69, 9.17) is 9.47 Å². The molecule has 7 nitrogen and oxygen atoms in total. The molecule has 2 rings (SSSR count).